The van der Waals surface area contributed by atoms with Gasteiger partial charge in [0.15, 0.2) is 0 Å². The first kappa shape index (κ1) is 18.7. The van der Waals surface area contributed by atoms with Gasteiger partial charge in [0.25, 0.3) is 5.91 Å². The number of amides is 3. The van der Waals surface area contributed by atoms with Crippen LogP contribution in [0.4, 0.5) is 13.6 Å². The lowest BCUT2D eigenvalue weighted by Crippen LogP contribution is -2.43. The zero-order chi connectivity index (χ0) is 20.6. The number of rotatable bonds is 5. The Hall–Kier alpha value is -3.62. The van der Waals surface area contributed by atoms with Crippen molar-refractivity contribution in [1.82, 2.24) is 20.4 Å². The number of carbonyl (C=O) groups is 2. The van der Waals surface area contributed by atoms with Gasteiger partial charge in [0, 0.05) is 5.56 Å². The van der Waals surface area contributed by atoms with E-state index in [4.69, 9.17) is 4.52 Å². The van der Waals surface area contributed by atoms with Gasteiger partial charge in [0.1, 0.15) is 23.7 Å². The lowest BCUT2D eigenvalue weighted by molar-refractivity contribution is -0.132. The van der Waals surface area contributed by atoms with Crippen molar-refractivity contribution < 1.29 is 22.9 Å². The van der Waals surface area contributed by atoms with E-state index in [2.05, 4.69) is 15.5 Å². The van der Waals surface area contributed by atoms with Gasteiger partial charge in [-0.05, 0) is 48.4 Å². The molecule has 148 valence electrons. The summed E-state index contributed by atoms with van der Waals surface area (Å²) < 4.78 is 31.5. The molecule has 2 aromatic carbocycles. The Morgan fingerprint density at radius 1 is 1.03 bits per heavy atom. The number of benzene rings is 2. The van der Waals surface area contributed by atoms with Gasteiger partial charge in [-0.2, -0.15) is 4.98 Å². The third-order valence-corrected chi connectivity index (χ3v) is 4.91. The molecule has 0 radical (unpaired) electrons. The van der Waals surface area contributed by atoms with Crippen molar-refractivity contribution in [3.05, 3.63) is 71.6 Å². The summed E-state index contributed by atoms with van der Waals surface area (Å²) in [7, 11) is 0. The van der Waals surface area contributed by atoms with E-state index in [9.17, 15) is 18.4 Å². The van der Waals surface area contributed by atoms with E-state index in [1.54, 1.807) is 6.92 Å². The van der Waals surface area contributed by atoms with Crippen LogP contribution < -0.4 is 5.32 Å². The summed E-state index contributed by atoms with van der Waals surface area (Å²) in [5.41, 5.74) is -0.266. The molecule has 1 fully saturated rings. The highest BCUT2D eigenvalue weighted by atomic mass is 19.1. The fraction of sp³-hybridized carbons (Fsp3) is 0.200. The van der Waals surface area contributed by atoms with Crippen LogP contribution in [0.3, 0.4) is 0 Å². The Morgan fingerprint density at radius 2 is 1.66 bits per heavy atom. The molecule has 7 nitrogen and oxygen atoms in total. The molecule has 0 saturated carbocycles. The summed E-state index contributed by atoms with van der Waals surface area (Å²) >= 11 is 0. The average Bonchev–Trinajstić information content (AvgIpc) is 3.28. The summed E-state index contributed by atoms with van der Waals surface area (Å²) in [6.07, 6.45) is 0.282. The number of nitrogens with one attached hydrogen (secondary N) is 1. The molecular formula is C20H16F2N4O3. The number of aromatic nitrogens is 2. The molecule has 3 amide bonds. The van der Waals surface area contributed by atoms with Crippen molar-refractivity contribution >= 4 is 11.9 Å². The van der Waals surface area contributed by atoms with Crippen molar-refractivity contribution in [2.24, 2.45) is 0 Å². The monoisotopic (exact) mass is 398 g/mol. The number of urea groups is 1. The van der Waals surface area contributed by atoms with Crippen LogP contribution >= 0.6 is 0 Å². The number of hydrogen-bond donors (Lipinski definition) is 1. The zero-order valence-electron chi connectivity index (χ0n) is 15.4. The normalized spacial score (nSPS) is 18.9. The molecule has 0 spiro atoms. The Balaban J connectivity index is 1.58. The van der Waals surface area contributed by atoms with Crippen molar-refractivity contribution in [3.8, 4) is 11.4 Å². The van der Waals surface area contributed by atoms with Gasteiger partial charge >= 0.3 is 6.03 Å². The molecule has 9 heteroatoms. The van der Waals surface area contributed by atoms with Crippen LogP contribution in [0.25, 0.3) is 11.4 Å². The largest absolute Gasteiger partial charge is 0.337 e. The highest BCUT2D eigenvalue weighted by molar-refractivity contribution is 6.07. The van der Waals surface area contributed by atoms with Crippen molar-refractivity contribution in [2.45, 2.75) is 25.4 Å². The summed E-state index contributed by atoms with van der Waals surface area (Å²) in [6, 6.07) is 10.3. The third-order valence-electron chi connectivity index (χ3n) is 4.91. The van der Waals surface area contributed by atoms with Gasteiger partial charge in [0.2, 0.25) is 11.7 Å². The highest BCUT2D eigenvalue weighted by Gasteiger charge is 2.51. The van der Waals surface area contributed by atoms with E-state index < -0.39 is 29.1 Å². The first-order chi connectivity index (χ1) is 13.9. The molecule has 29 heavy (non-hydrogen) atoms. The maximum Gasteiger partial charge on any atom is 0.325 e. The minimum atomic E-state index is -1.29. The van der Waals surface area contributed by atoms with Crippen LogP contribution in [0, 0.1) is 11.6 Å². The predicted molar refractivity (Wildman–Crippen MR) is 97.1 cm³/mol. The Kier molecular flexibility index (Phi) is 4.57. The van der Waals surface area contributed by atoms with E-state index in [1.807, 2.05) is 0 Å². The van der Waals surface area contributed by atoms with E-state index in [-0.39, 0.29) is 24.7 Å². The minimum Gasteiger partial charge on any atom is -0.337 e. The first-order valence-corrected chi connectivity index (χ1v) is 8.91. The highest BCUT2D eigenvalue weighted by Crippen LogP contribution is 2.33. The van der Waals surface area contributed by atoms with Gasteiger partial charge in [-0.3, -0.25) is 9.69 Å². The van der Waals surface area contributed by atoms with E-state index in [0.717, 1.165) is 4.90 Å². The van der Waals surface area contributed by atoms with Crippen LogP contribution in [0.2, 0.25) is 0 Å². The van der Waals surface area contributed by atoms with Crippen LogP contribution in [-0.2, 0) is 16.9 Å². The number of hydrogen-bond acceptors (Lipinski definition) is 5. The number of imide groups is 1. The van der Waals surface area contributed by atoms with Crippen molar-refractivity contribution in [2.75, 3.05) is 0 Å². The summed E-state index contributed by atoms with van der Waals surface area (Å²) in [4.78, 5) is 30.8. The van der Waals surface area contributed by atoms with Crippen LogP contribution in [-0.4, -0.2) is 27.0 Å². The lowest BCUT2D eigenvalue weighted by Gasteiger charge is -2.25. The SMILES string of the molecule is CCC1(c2ccc(F)cc2)NC(=O)N(Cc2nc(-c3ccc(F)cc3)no2)C1=O. The number of nitrogens with zero attached hydrogens (tertiary/aromatic N) is 3. The summed E-state index contributed by atoms with van der Waals surface area (Å²) in [5.74, 6) is -1.05. The minimum absolute atomic E-state index is 0.0545. The fourth-order valence-corrected chi connectivity index (χ4v) is 3.31. The Labute approximate surface area is 164 Å². The van der Waals surface area contributed by atoms with E-state index >= 15 is 0 Å². The maximum absolute atomic E-state index is 13.3. The quantitative estimate of drug-likeness (QED) is 0.666. The average molecular weight is 398 g/mol. The smallest absolute Gasteiger partial charge is 0.325 e. The molecule has 1 N–H and O–H groups in total. The fourth-order valence-electron chi connectivity index (χ4n) is 3.31. The number of carbonyl (C=O) groups excluding carboxylic acids is 2. The van der Waals surface area contributed by atoms with E-state index in [1.165, 1.54) is 48.5 Å². The van der Waals surface area contributed by atoms with Gasteiger partial charge in [-0.1, -0.05) is 24.2 Å². The van der Waals surface area contributed by atoms with Gasteiger partial charge in [-0.25, -0.2) is 13.6 Å². The Bertz CT molecular complexity index is 1070. The maximum atomic E-state index is 13.3. The first-order valence-electron chi connectivity index (χ1n) is 8.91. The molecule has 1 unspecified atom stereocenters. The molecule has 3 aromatic rings. The van der Waals surface area contributed by atoms with Crippen LogP contribution in [0.15, 0.2) is 53.1 Å². The molecular weight excluding hydrogens is 382 g/mol. The molecule has 2 heterocycles. The molecule has 1 aliphatic heterocycles. The third kappa shape index (κ3) is 3.24. The molecule has 0 aliphatic carbocycles. The summed E-state index contributed by atoms with van der Waals surface area (Å²) in [5, 5.41) is 6.51. The Morgan fingerprint density at radius 3 is 2.28 bits per heavy atom. The lowest BCUT2D eigenvalue weighted by atomic mass is 9.87. The standard InChI is InChI=1S/C20H16F2N4O3/c1-2-20(13-5-9-15(22)10-6-13)18(27)26(19(28)24-20)11-16-23-17(25-29-16)12-3-7-14(21)8-4-12/h3-10H,2,11H2,1H3,(H,24,28). The zero-order valence-corrected chi connectivity index (χ0v) is 15.4. The number of halogens is 2. The van der Waals surface area contributed by atoms with Crippen LogP contribution in [0.5, 0.6) is 0 Å². The molecule has 0 bridgehead atoms. The predicted octanol–water partition coefficient (Wildman–Crippen LogP) is 3.37. The van der Waals surface area contributed by atoms with Gasteiger partial charge in [0.05, 0.1) is 0 Å². The molecule has 1 aromatic heterocycles. The van der Waals surface area contributed by atoms with Gasteiger partial charge < -0.3 is 9.84 Å². The second kappa shape index (κ2) is 7.08. The van der Waals surface area contributed by atoms with E-state index in [0.29, 0.717) is 11.1 Å². The molecule has 1 aliphatic rings. The molecule has 1 atom stereocenters. The second-order valence-corrected chi connectivity index (χ2v) is 6.61. The molecule has 4 rings (SSSR count). The second-order valence-electron chi connectivity index (χ2n) is 6.61. The van der Waals surface area contributed by atoms with Crippen LogP contribution in [0.1, 0.15) is 24.8 Å². The van der Waals surface area contributed by atoms with Gasteiger partial charge in [-0.15, -0.1) is 0 Å². The van der Waals surface area contributed by atoms with Crippen molar-refractivity contribution in [3.63, 3.8) is 0 Å². The topological polar surface area (TPSA) is 88.3 Å². The summed E-state index contributed by atoms with van der Waals surface area (Å²) in [6.45, 7) is 1.53. The molecule has 1 saturated heterocycles. The van der Waals surface area contributed by atoms with Crippen molar-refractivity contribution in [1.29, 1.82) is 0 Å².